The summed E-state index contributed by atoms with van der Waals surface area (Å²) in [5.74, 6) is 0.127. The van der Waals surface area contributed by atoms with Crippen LogP contribution in [-0.4, -0.2) is 44.2 Å². The molecular formula is C19H34N4O2. The van der Waals surface area contributed by atoms with Gasteiger partial charge in [-0.15, -0.1) is 0 Å². The number of amides is 3. The number of carbonyl (C=O) groups is 2. The lowest BCUT2D eigenvalue weighted by atomic mass is 9.96. The lowest BCUT2D eigenvalue weighted by Crippen LogP contribution is -2.43. The van der Waals surface area contributed by atoms with Gasteiger partial charge in [0.05, 0.1) is 0 Å². The molecule has 6 nitrogen and oxygen atoms in total. The van der Waals surface area contributed by atoms with Crippen molar-refractivity contribution >= 4 is 11.9 Å². The smallest absolute Gasteiger partial charge is 0.315 e. The molecule has 0 atom stereocenters. The van der Waals surface area contributed by atoms with Crippen LogP contribution in [-0.2, 0) is 4.79 Å². The molecule has 2 rings (SSSR count). The molecule has 1 aliphatic carbocycles. The number of carbonyl (C=O) groups excluding carboxylic acids is 2. The van der Waals surface area contributed by atoms with Crippen LogP contribution in [0, 0.1) is 0 Å². The largest absolute Gasteiger partial charge is 0.352 e. The van der Waals surface area contributed by atoms with Crippen LogP contribution >= 0.6 is 0 Å². The highest BCUT2D eigenvalue weighted by Crippen LogP contribution is 2.17. The van der Waals surface area contributed by atoms with Crippen LogP contribution in [0.15, 0.2) is 11.6 Å². The van der Waals surface area contributed by atoms with Crippen LogP contribution < -0.4 is 21.3 Å². The van der Waals surface area contributed by atoms with Crippen molar-refractivity contribution in [1.29, 1.82) is 0 Å². The van der Waals surface area contributed by atoms with Gasteiger partial charge < -0.3 is 21.3 Å². The zero-order chi connectivity index (χ0) is 17.7. The van der Waals surface area contributed by atoms with Crippen molar-refractivity contribution in [3.8, 4) is 0 Å². The molecule has 0 aromatic carbocycles. The van der Waals surface area contributed by atoms with Gasteiger partial charge in [0.1, 0.15) is 0 Å². The van der Waals surface area contributed by atoms with Gasteiger partial charge in [0, 0.05) is 32.1 Å². The van der Waals surface area contributed by atoms with Gasteiger partial charge in [-0.2, -0.15) is 0 Å². The van der Waals surface area contributed by atoms with Crippen LogP contribution in [0.3, 0.4) is 0 Å². The van der Waals surface area contributed by atoms with E-state index in [1.54, 1.807) is 0 Å². The van der Waals surface area contributed by atoms with Gasteiger partial charge >= 0.3 is 6.03 Å². The molecular weight excluding hydrogens is 316 g/mol. The minimum Gasteiger partial charge on any atom is -0.352 e. The first-order valence-corrected chi connectivity index (χ1v) is 9.94. The standard InChI is InChI=1S/C19H34N4O2/c24-18(22-15-16-10-13-20-14-11-16)9-5-2-6-12-21-19(25)23-17-7-3-1-4-8-17/h10,17,20H,1-9,11-15H2,(H,22,24)(H2,21,23,25). The molecule has 25 heavy (non-hydrogen) atoms. The van der Waals surface area contributed by atoms with Crippen molar-refractivity contribution in [3.05, 3.63) is 11.6 Å². The molecule has 4 N–H and O–H groups in total. The predicted molar refractivity (Wildman–Crippen MR) is 100 cm³/mol. The fourth-order valence-electron chi connectivity index (χ4n) is 3.40. The highest BCUT2D eigenvalue weighted by atomic mass is 16.2. The zero-order valence-electron chi connectivity index (χ0n) is 15.4. The molecule has 0 unspecified atom stereocenters. The van der Waals surface area contributed by atoms with Crippen LogP contribution in [0.4, 0.5) is 4.79 Å². The zero-order valence-corrected chi connectivity index (χ0v) is 15.4. The van der Waals surface area contributed by atoms with E-state index in [1.165, 1.54) is 24.8 Å². The second kappa shape index (κ2) is 11.9. The van der Waals surface area contributed by atoms with E-state index in [0.717, 1.165) is 51.6 Å². The molecule has 0 saturated heterocycles. The fraction of sp³-hybridized carbons (Fsp3) is 0.789. The molecule has 1 aliphatic heterocycles. The first-order chi connectivity index (χ1) is 12.2. The minimum absolute atomic E-state index is 0.0418. The molecule has 3 amide bonds. The molecule has 0 bridgehead atoms. The van der Waals surface area contributed by atoms with Crippen LogP contribution in [0.25, 0.3) is 0 Å². The predicted octanol–water partition coefficient (Wildman–Crippen LogP) is 2.21. The highest BCUT2D eigenvalue weighted by molar-refractivity contribution is 5.76. The Balaban J connectivity index is 1.41. The van der Waals surface area contributed by atoms with Gasteiger partial charge in [0.15, 0.2) is 0 Å². The lowest BCUT2D eigenvalue weighted by molar-refractivity contribution is -0.121. The first-order valence-electron chi connectivity index (χ1n) is 9.94. The van der Waals surface area contributed by atoms with Crippen molar-refractivity contribution in [2.75, 3.05) is 26.2 Å². The van der Waals surface area contributed by atoms with Crippen LogP contribution in [0.1, 0.15) is 64.2 Å². The molecule has 0 aromatic heterocycles. The van der Waals surface area contributed by atoms with Crippen LogP contribution in [0.5, 0.6) is 0 Å². The van der Waals surface area contributed by atoms with Gasteiger partial charge in [-0.25, -0.2) is 4.79 Å². The minimum atomic E-state index is -0.0418. The summed E-state index contributed by atoms with van der Waals surface area (Å²) in [5, 5.41) is 12.2. The van der Waals surface area contributed by atoms with E-state index in [0.29, 0.717) is 25.6 Å². The Bertz CT molecular complexity index is 445. The Labute approximate surface area is 151 Å². The number of urea groups is 1. The Hall–Kier alpha value is -1.56. The maximum Gasteiger partial charge on any atom is 0.315 e. The summed E-state index contributed by atoms with van der Waals surface area (Å²) in [5.41, 5.74) is 1.32. The van der Waals surface area contributed by atoms with Crippen molar-refractivity contribution in [1.82, 2.24) is 21.3 Å². The van der Waals surface area contributed by atoms with Crippen LogP contribution in [0.2, 0.25) is 0 Å². The number of hydrogen-bond acceptors (Lipinski definition) is 3. The van der Waals surface area contributed by atoms with Gasteiger partial charge in [-0.1, -0.05) is 37.3 Å². The van der Waals surface area contributed by atoms with Gasteiger partial charge in [0.2, 0.25) is 5.91 Å². The Morgan fingerprint density at radius 2 is 1.92 bits per heavy atom. The third-order valence-electron chi connectivity index (χ3n) is 4.98. The second-order valence-corrected chi connectivity index (χ2v) is 7.14. The number of unbranched alkanes of at least 4 members (excludes halogenated alkanes) is 2. The summed E-state index contributed by atoms with van der Waals surface area (Å²) in [6, 6.07) is 0.312. The van der Waals surface area contributed by atoms with Gasteiger partial charge in [0.25, 0.3) is 0 Å². The Morgan fingerprint density at radius 3 is 2.68 bits per heavy atom. The molecule has 0 aromatic rings. The molecule has 6 heteroatoms. The van der Waals surface area contributed by atoms with Gasteiger partial charge in [-0.05, 0) is 38.6 Å². The molecule has 1 fully saturated rings. The van der Waals surface area contributed by atoms with Crippen molar-refractivity contribution in [2.24, 2.45) is 0 Å². The molecule has 2 aliphatic rings. The summed E-state index contributed by atoms with van der Waals surface area (Å²) in [4.78, 5) is 23.6. The summed E-state index contributed by atoms with van der Waals surface area (Å²) in [7, 11) is 0. The molecule has 142 valence electrons. The molecule has 1 heterocycles. The SMILES string of the molecule is O=C(CCCCCNC(=O)NC1CCCCC1)NCC1=CCNCC1. The maximum absolute atomic E-state index is 11.8. The number of nitrogens with one attached hydrogen (secondary N) is 4. The Kier molecular flexibility index (Phi) is 9.41. The lowest BCUT2D eigenvalue weighted by Gasteiger charge is -2.22. The molecule has 1 saturated carbocycles. The van der Waals surface area contributed by atoms with E-state index < -0.39 is 0 Å². The Morgan fingerprint density at radius 1 is 1.08 bits per heavy atom. The third-order valence-corrected chi connectivity index (χ3v) is 4.98. The van der Waals surface area contributed by atoms with E-state index in [9.17, 15) is 9.59 Å². The summed E-state index contributed by atoms with van der Waals surface area (Å²) in [6.45, 7) is 3.28. The van der Waals surface area contributed by atoms with Crippen molar-refractivity contribution in [2.45, 2.75) is 70.3 Å². The second-order valence-electron chi connectivity index (χ2n) is 7.14. The third kappa shape index (κ3) is 8.91. The number of rotatable bonds is 9. The maximum atomic E-state index is 11.8. The topological polar surface area (TPSA) is 82.3 Å². The summed E-state index contributed by atoms with van der Waals surface area (Å²) in [6.07, 6.45) is 12.5. The van der Waals surface area contributed by atoms with Crippen molar-refractivity contribution < 1.29 is 9.59 Å². The summed E-state index contributed by atoms with van der Waals surface area (Å²) >= 11 is 0. The average Bonchev–Trinajstić information content (AvgIpc) is 2.64. The highest BCUT2D eigenvalue weighted by Gasteiger charge is 2.15. The van der Waals surface area contributed by atoms with E-state index in [2.05, 4.69) is 27.3 Å². The first kappa shape index (κ1) is 19.8. The van der Waals surface area contributed by atoms with E-state index in [-0.39, 0.29) is 11.9 Å². The summed E-state index contributed by atoms with van der Waals surface area (Å²) < 4.78 is 0. The van der Waals surface area contributed by atoms with E-state index in [4.69, 9.17) is 0 Å². The fourth-order valence-corrected chi connectivity index (χ4v) is 3.40. The normalized spacial score (nSPS) is 18.3. The molecule has 0 radical (unpaired) electrons. The molecule has 0 spiro atoms. The van der Waals surface area contributed by atoms with E-state index >= 15 is 0 Å². The van der Waals surface area contributed by atoms with Gasteiger partial charge in [-0.3, -0.25) is 4.79 Å². The average molecular weight is 351 g/mol. The number of hydrogen-bond donors (Lipinski definition) is 4. The monoisotopic (exact) mass is 350 g/mol. The quantitative estimate of drug-likeness (QED) is 0.380. The van der Waals surface area contributed by atoms with Crippen molar-refractivity contribution in [3.63, 3.8) is 0 Å². The van der Waals surface area contributed by atoms with E-state index in [1.807, 2.05) is 0 Å².